The standard InChI is InChI=1S/C21H29N5O2.HI/c1-21(2,3)28-20(27)26-13-17(14-26)25-19(22-4)24-12-10-16-8-5-7-15-9-6-11-23-18(15)16;/h5-9,11,17H,10,12-14H2,1-4H3,(H2,22,24,25);1H. The molecule has 8 heteroatoms. The molecule has 0 spiro atoms. The number of guanidine groups is 1. The molecule has 1 aromatic carbocycles. The smallest absolute Gasteiger partial charge is 0.410 e. The molecule has 2 N–H and O–H groups in total. The summed E-state index contributed by atoms with van der Waals surface area (Å²) in [6, 6.07) is 10.5. The maximum atomic E-state index is 12.0. The van der Waals surface area contributed by atoms with E-state index in [2.05, 4.69) is 44.9 Å². The summed E-state index contributed by atoms with van der Waals surface area (Å²) in [5.41, 5.74) is 1.78. The molecule has 1 fully saturated rings. The molecule has 1 amide bonds. The third-order valence-corrected chi connectivity index (χ3v) is 4.50. The highest BCUT2D eigenvalue weighted by atomic mass is 127. The van der Waals surface area contributed by atoms with Gasteiger partial charge in [0.05, 0.1) is 11.6 Å². The van der Waals surface area contributed by atoms with Gasteiger partial charge in [-0.1, -0.05) is 24.3 Å². The van der Waals surface area contributed by atoms with Crippen LogP contribution in [0.3, 0.4) is 0 Å². The molecule has 1 saturated heterocycles. The van der Waals surface area contributed by atoms with Gasteiger partial charge in [-0.25, -0.2) is 4.79 Å². The van der Waals surface area contributed by atoms with E-state index in [0.717, 1.165) is 29.8 Å². The van der Waals surface area contributed by atoms with Crippen LogP contribution in [0.2, 0.25) is 0 Å². The van der Waals surface area contributed by atoms with Gasteiger partial charge < -0.3 is 20.3 Å². The lowest BCUT2D eigenvalue weighted by Crippen LogP contribution is -2.63. The van der Waals surface area contributed by atoms with Gasteiger partial charge in [-0.3, -0.25) is 9.98 Å². The zero-order chi connectivity index (χ0) is 20.1. The van der Waals surface area contributed by atoms with Gasteiger partial charge in [0.2, 0.25) is 0 Å². The van der Waals surface area contributed by atoms with Crippen molar-refractivity contribution in [3.8, 4) is 0 Å². The molecule has 7 nitrogen and oxygen atoms in total. The molecule has 1 aliphatic rings. The van der Waals surface area contributed by atoms with Crippen LogP contribution in [-0.4, -0.2) is 60.3 Å². The number of halogens is 1. The Morgan fingerprint density at radius 1 is 1.28 bits per heavy atom. The van der Waals surface area contributed by atoms with E-state index in [1.165, 1.54) is 5.56 Å². The van der Waals surface area contributed by atoms with E-state index < -0.39 is 5.60 Å². The van der Waals surface area contributed by atoms with Crippen molar-refractivity contribution in [2.24, 2.45) is 4.99 Å². The maximum absolute atomic E-state index is 12.0. The lowest BCUT2D eigenvalue weighted by atomic mass is 10.1. The molecule has 2 heterocycles. The molecule has 0 radical (unpaired) electrons. The minimum Gasteiger partial charge on any atom is -0.444 e. The quantitative estimate of drug-likeness (QED) is 0.375. The molecular weight excluding hydrogens is 481 g/mol. The monoisotopic (exact) mass is 511 g/mol. The number of benzene rings is 1. The average Bonchev–Trinajstić information content (AvgIpc) is 2.61. The van der Waals surface area contributed by atoms with Crippen molar-refractivity contribution in [2.45, 2.75) is 38.8 Å². The number of likely N-dealkylation sites (tertiary alicyclic amines) is 1. The van der Waals surface area contributed by atoms with E-state index in [9.17, 15) is 4.79 Å². The molecule has 29 heavy (non-hydrogen) atoms. The number of fused-ring (bicyclic) bond motifs is 1. The molecule has 0 saturated carbocycles. The van der Waals surface area contributed by atoms with Gasteiger partial charge in [0.25, 0.3) is 0 Å². The van der Waals surface area contributed by atoms with Gasteiger partial charge in [-0.2, -0.15) is 0 Å². The number of nitrogens with zero attached hydrogens (tertiary/aromatic N) is 3. The molecule has 0 bridgehead atoms. The first kappa shape index (κ1) is 23.2. The summed E-state index contributed by atoms with van der Waals surface area (Å²) in [6.45, 7) is 7.59. The van der Waals surface area contributed by atoms with Crippen LogP contribution in [0.1, 0.15) is 26.3 Å². The van der Waals surface area contributed by atoms with Crippen molar-refractivity contribution in [1.82, 2.24) is 20.5 Å². The number of amides is 1. The van der Waals surface area contributed by atoms with Crippen LogP contribution in [0.25, 0.3) is 10.9 Å². The minimum absolute atomic E-state index is 0. The highest BCUT2D eigenvalue weighted by Gasteiger charge is 2.34. The van der Waals surface area contributed by atoms with Crippen molar-refractivity contribution in [3.63, 3.8) is 0 Å². The number of carbonyl (C=O) groups excluding carboxylic acids is 1. The van der Waals surface area contributed by atoms with Gasteiger partial charge >= 0.3 is 6.09 Å². The zero-order valence-corrected chi connectivity index (χ0v) is 19.8. The highest BCUT2D eigenvalue weighted by molar-refractivity contribution is 14.0. The molecule has 2 aromatic rings. The van der Waals surface area contributed by atoms with Crippen LogP contribution in [-0.2, 0) is 11.2 Å². The van der Waals surface area contributed by atoms with Crippen LogP contribution in [0, 0.1) is 0 Å². The van der Waals surface area contributed by atoms with Crippen molar-refractivity contribution >= 4 is 46.9 Å². The van der Waals surface area contributed by atoms with Crippen LogP contribution < -0.4 is 10.6 Å². The molecule has 1 aromatic heterocycles. The number of para-hydroxylation sites is 1. The van der Waals surface area contributed by atoms with E-state index in [1.54, 1.807) is 11.9 Å². The summed E-state index contributed by atoms with van der Waals surface area (Å²) >= 11 is 0. The number of nitrogens with one attached hydrogen (secondary N) is 2. The number of hydrogen-bond acceptors (Lipinski definition) is 4. The van der Waals surface area contributed by atoms with Crippen molar-refractivity contribution in [2.75, 3.05) is 26.7 Å². The molecule has 0 aliphatic carbocycles. The topological polar surface area (TPSA) is 78.9 Å². The second-order valence-electron chi connectivity index (χ2n) is 7.97. The fourth-order valence-electron chi connectivity index (χ4n) is 3.12. The summed E-state index contributed by atoms with van der Waals surface area (Å²) in [7, 11) is 1.75. The lowest BCUT2D eigenvalue weighted by molar-refractivity contribution is 0.00701. The van der Waals surface area contributed by atoms with E-state index >= 15 is 0 Å². The largest absolute Gasteiger partial charge is 0.444 e. The summed E-state index contributed by atoms with van der Waals surface area (Å²) in [5, 5.41) is 7.84. The Labute approximate surface area is 189 Å². The van der Waals surface area contributed by atoms with Gasteiger partial charge in [0.1, 0.15) is 5.60 Å². The Balaban J connectivity index is 0.00000300. The van der Waals surface area contributed by atoms with Crippen LogP contribution in [0.5, 0.6) is 0 Å². The number of hydrogen-bond donors (Lipinski definition) is 2. The van der Waals surface area contributed by atoms with Crippen LogP contribution >= 0.6 is 24.0 Å². The lowest BCUT2D eigenvalue weighted by Gasteiger charge is -2.40. The normalized spacial score (nSPS) is 14.8. The highest BCUT2D eigenvalue weighted by Crippen LogP contribution is 2.16. The fraction of sp³-hybridized carbons (Fsp3) is 0.476. The van der Waals surface area contributed by atoms with Gasteiger partial charge in [0.15, 0.2) is 5.96 Å². The molecule has 158 valence electrons. The Morgan fingerprint density at radius 2 is 2.00 bits per heavy atom. The van der Waals surface area contributed by atoms with E-state index in [1.807, 2.05) is 33.0 Å². The number of pyridine rings is 1. The van der Waals surface area contributed by atoms with Crippen molar-refractivity contribution < 1.29 is 9.53 Å². The maximum Gasteiger partial charge on any atom is 0.410 e. The number of rotatable bonds is 4. The number of aromatic nitrogens is 1. The van der Waals surface area contributed by atoms with Gasteiger partial charge in [-0.15, -0.1) is 24.0 Å². The van der Waals surface area contributed by atoms with Crippen molar-refractivity contribution in [3.05, 3.63) is 42.1 Å². The summed E-state index contributed by atoms with van der Waals surface area (Å²) in [5.74, 6) is 0.738. The molecular formula is C21H30IN5O2. The first-order valence-corrected chi connectivity index (χ1v) is 9.63. The van der Waals surface area contributed by atoms with Crippen LogP contribution in [0.15, 0.2) is 41.5 Å². The molecule has 0 atom stereocenters. The number of ether oxygens (including phenoxy) is 1. The Morgan fingerprint density at radius 3 is 2.69 bits per heavy atom. The summed E-state index contributed by atoms with van der Waals surface area (Å²) in [6.07, 6.45) is 2.41. The number of aliphatic imine (C=N–C) groups is 1. The minimum atomic E-state index is -0.469. The fourth-order valence-corrected chi connectivity index (χ4v) is 3.12. The predicted molar refractivity (Wildman–Crippen MR) is 127 cm³/mol. The Bertz CT molecular complexity index is 854. The third kappa shape index (κ3) is 6.45. The first-order valence-electron chi connectivity index (χ1n) is 9.63. The summed E-state index contributed by atoms with van der Waals surface area (Å²) in [4.78, 5) is 22.5. The molecule has 3 rings (SSSR count). The SMILES string of the molecule is CN=C(NCCc1cccc2cccnc12)NC1CN(C(=O)OC(C)(C)C)C1.I. The van der Waals surface area contributed by atoms with E-state index in [-0.39, 0.29) is 36.1 Å². The number of carbonyl (C=O) groups is 1. The first-order chi connectivity index (χ1) is 13.4. The van der Waals surface area contributed by atoms with Gasteiger partial charge in [-0.05, 0) is 38.8 Å². The summed E-state index contributed by atoms with van der Waals surface area (Å²) < 4.78 is 5.38. The second-order valence-corrected chi connectivity index (χ2v) is 7.97. The van der Waals surface area contributed by atoms with Crippen molar-refractivity contribution in [1.29, 1.82) is 0 Å². The van der Waals surface area contributed by atoms with Crippen LogP contribution in [0.4, 0.5) is 4.79 Å². The third-order valence-electron chi connectivity index (χ3n) is 4.50. The van der Waals surface area contributed by atoms with E-state index in [0.29, 0.717) is 13.1 Å². The zero-order valence-electron chi connectivity index (χ0n) is 17.4. The van der Waals surface area contributed by atoms with Gasteiger partial charge in [0, 0.05) is 38.3 Å². The Hall–Kier alpha value is -2.10. The molecule has 0 unspecified atom stereocenters. The second kappa shape index (κ2) is 10.1. The average molecular weight is 511 g/mol. The Kier molecular flexibility index (Phi) is 8.06. The predicted octanol–water partition coefficient (Wildman–Crippen LogP) is 3.18. The molecule has 1 aliphatic heterocycles. The van der Waals surface area contributed by atoms with E-state index in [4.69, 9.17) is 4.74 Å².